The van der Waals surface area contributed by atoms with E-state index in [9.17, 15) is 0 Å². The van der Waals surface area contributed by atoms with Gasteiger partial charge in [-0.05, 0) is 55.2 Å². The first-order valence-corrected chi connectivity index (χ1v) is 9.07. The summed E-state index contributed by atoms with van der Waals surface area (Å²) >= 11 is 0. The van der Waals surface area contributed by atoms with Crippen LogP contribution in [0.1, 0.15) is 63.0 Å². The molecule has 0 aliphatic rings. The average Bonchev–Trinajstić information content (AvgIpc) is 2.58. The number of hydrogen-bond donors (Lipinski definition) is 0. The van der Waals surface area contributed by atoms with E-state index in [1.165, 1.54) is 24.0 Å². The molecule has 0 saturated carbocycles. The summed E-state index contributed by atoms with van der Waals surface area (Å²) in [4.78, 5) is 0. The second-order valence-electron chi connectivity index (χ2n) is 6.61. The lowest BCUT2D eigenvalue weighted by atomic mass is 9.87. The summed E-state index contributed by atoms with van der Waals surface area (Å²) in [6.07, 6.45) is 10.5. The van der Waals surface area contributed by atoms with E-state index in [1.54, 1.807) is 14.2 Å². The van der Waals surface area contributed by atoms with Gasteiger partial charge < -0.3 is 9.47 Å². The number of ether oxygens (including phenoxy) is 2. The Hall–Kier alpha value is -1.70. The van der Waals surface area contributed by atoms with Gasteiger partial charge in [-0.3, -0.25) is 0 Å². The lowest BCUT2D eigenvalue weighted by Gasteiger charge is -2.23. The Morgan fingerprint density at radius 3 is 2.08 bits per heavy atom. The normalized spacial score (nSPS) is 13.2. The average molecular weight is 331 g/mol. The van der Waals surface area contributed by atoms with Crippen LogP contribution in [0.5, 0.6) is 11.5 Å². The second kappa shape index (κ2) is 11.0. The van der Waals surface area contributed by atoms with E-state index in [-0.39, 0.29) is 0 Å². The van der Waals surface area contributed by atoms with Crippen molar-refractivity contribution in [3.05, 3.63) is 48.6 Å². The van der Waals surface area contributed by atoms with Gasteiger partial charge in [-0.25, -0.2) is 0 Å². The fourth-order valence-electron chi connectivity index (χ4n) is 3.32. The van der Waals surface area contributed by atoms with Gasteiger partial charge in [-0.2, -0.15) is 0 Å². The molecule has 0 bridgehead atoms. The highest BCUT2D eigenvalue weighted by atomic mass is 16.5. The van der Waals surface area contributed by atoms with E-state index in [2.05, 4.69) is 39.1 Å². The van der Waals surface area contributed by atoms with Crippen LogP contribution in [0.4, 0.5) is 0 Å². The van der Waals surface area contributed by atoms with E-state index in [1.807, 2.05) is 12.2 Å². The molecule has 2 atom stereocenters. The first-order chi connectivity index (χ1) is 11.6. The first-order valence-electron chi connectivity index (χ1n) is 9.07. The zero-order chi connectivity index (χ0) is 17.9. The zero-order valence-electron chi connectivity index (χ0n) is 15.9. The molecule has 0 saturated heterocycles. The SMILES string of the molecule is C=CC[C@H](C)Cc1cc(OC)c([C@H](CC=C)CCCC)c(OC)c1. The Kier molecular flexibility index (Phi) is 9.29. The van der Waals surface area contributed by atoms with Crippen molar-refractivity contribution in [2.45, 2.75) is 58.3 Å². The predicted molar refractivity (Wildman–Crippen MR) is 104 cm³/mol. The minimum absolute atomic E-state index is 0.395. The Bertz CT molecular complexity index is 494. The van der Waals surface area contributed by atoms with Gasteiger partial charge in [0, 0.05) is 5.56 Å². The van der Waals surface area contributed by atoms with Crippen LogP contribution in [-0.4, -0.2) is 14.2 Å². The summed E-state index contributed by atoms with van der Waals surface area (Å²) < 4.78 is 11.5. The minimum atomic E-state index is 0.395. The molecule has 2 nitrogen and oxygen atoms in total. The molecule has 0 amide bonds. The van der Waals surface area contributed by atoms with Crippen molar-refractivity contribution in [2.24, 2.45) is 5.92 Å². The number of hydrogen-bond acceptors (Lipinski definition) is 2. The smallest absolute Gasteiger partial charge is 0.126 e. The third-order valence-electron chi connectivity index (χ3n) is 4.52. The fourth-order valence-corrected chi connectivity index (χ4v) is 3.32. The van der Waals surface area contributed by atoms with Gasteiger partial charge in [0.05, 0.1) is 14.2 Å². The summed E-state index contributed by atoms with van der Waals surface area (Å²) in [6, 6.07) is 4.36. The third-order valence-corrected chi connectivity index (χ3v) is 4.52. The lowest BCUT2D eigenvalue weighted by molar-refractivity contribution is 0.373. The Morgan fingerprint density at radius 1 is 1.04 bits per heavy atom. The van der Waals surface area contributed by atoms with E-state index in [0.717, 1.165) is 37.2 Å². The van der Waals surface area contributed by atoms with Crippen LogP contribution < -0.4 is 9.47 Å². The molecular weight excluding hydrogens is 296 g/mol. The molecule has 24 heavy (non-hydrogen) atoms. The maximum Gasteiger partial charge on any atom is 0.126 e. The van der Waals surface area contributed by atoms with Crippen LogP contribution >= 0.6 is 0 Å². The van der Waals surface area contributed by atoms with E-state index in [4.69, 9.17) is 9.47 Å². The molecule has 0 unspecified atom stereocenters. The van der Waals surface area contributed by atoms with E-state index in [0.29, 0.717) is 11.8 Å². The van der Waals surface area contributed by atoms with Crippen LogP contribution in [-0.2, 0) is 6.42 Å². The highest BCUT2D eigenvalue weighted by Gasteiger charge is 2.21. The molecule has 1 aromatic carbocycles. The molecule has 1 aromatic rings. The molecular formula is C22H34O2. The third kappa shape index (κ3) is 5.74. The number of unbranched alkanes of at least 4 members (excludes halogenated alkanes) is 1. The molecule has 0 spiro atoms. The van der Waals surface area contributed by atoms with Gasteiger partial charge in [0.2, 0.25) is 0 Å². The van der Waals surface area contributed by atoms with Crippen molar-refractivity contribution in [2.75, 3.05) is 14.2 Å². The summed E-state index contributed by atoms with van der Waals surface area (Å²) in [7, 11) is 3.50. The number of rotatable bonds is 12. The lowest BCUT2D eigenvalue weighted by Crippen LogP contribution is -2.07. The molecule has 0 fully saturated rings. The van der Waals surface area contributed by atoms with Gasteiger partial charge in [-0.1, -0.05) is 38.8 Å². The summed E-state index contributed by atoms with van der Waals surface area (Å²) in [5.74, 6) is 2.84. The standard InChI is InChI=1S/C22H34O2/c1-7-10-13-19(12-9-3)22-20(23-5)15-18(16-21(22)24-6)14-17(4)11-8-2/h8-9,15-17,19H,2-3,7,10-14H2,1,4-6H3/t17-,19+/m0/s1. The maximum atomic E-state index is 5.74. The molecule has 0 aromatic heterocycles. The first kappa shape index (κ1) is 20.3. The van der Waals surface area contributed by atoms with Crippen molar-refractivity contribution < 1.29 is 9.47 Å². The molecule has 134 valence electrons. The van der Waals surface area contributed by atoms with E-state index >= 15 is 0 Å². The van der Waals surface area contributed by atoms with Crippen LogP contribution in [0, 0.1) is 5.92 Å². The molecule has 0 radical (unpaired) electrons. The van der Waals surface area contributed by atoms with Gasteiger partial charge in [0.1, 0.15) is 11.5 Å². The maximum absolute atomic E-state index is 5.74. The minimum Gasteiger partial charge on any atom is -0.496 e. The summed E-state index contributed by atoms with van der Waals surface area (Å²) in [6.45, 7) is 12.2. The van der Waals surface area contributed by atoms with Crippen LogP contribution in [0.3, 0.4) is 0 Å². The Balaban J connectivity index is 3.21. The quantitative estimate of drug-likeness (QED) is 0.418. The van der Waals surface area contributed by atoms with Crippen LogP contribution in [0.15, 0.2) is 37.4 Å². The van der Waals surface area contributed by atoms with Crippen molar-refractivity contribution >= 4 is 0 Å². The second-order valence-corrected chi connectivity index (χ2v) is 6.61. The number of methoxy groups -OCH3 is 2. The molecule has 0 N–H and O–H groups in total. The highest BCUT2D eigenvalue weighted by Crippen LogP contribution is 2.41. The Morgan fingerprint density at radius 2 is 1.62 bits per heavy atom. The molecule has 0 aliphatic heterocycles. The predicted octanol–water partition coefficient (Wildman–Crippen LogP) is 6.31. The summed E-state index contributed by atoms with van der Waals surface area (Å²) in [5, 5.41) is 0. The number of allylic oxidation sites excluding steroid dienone is 2. The molecule has 0 heterocycles. The largest absolute Gasteiger partial charge is 0.496 e. The van der Waals surface area contributed by atoms with Gasteiger partial charge in [0.15, 0.2) is 0 Å². The van der Waals surface area contributed by atoms with Crippen molar-refractivity contribution in [1.82, 2.24) is 0 Å². The van der Waals surface area contributed by atoms with Crippen LogP contribution in [0.25, 0.3) is 0 Å². The van der Waals surface area contributed by atoms with Gasteiger partial charge in [0.25, 0.3) is 0 Å². The van der Waals surface area contributed by atoms with Crippen molar-refractivity contribution in [3.8, 4) is 11.5 Å². The van der Waals surface area contributed by atoms with Gasteiger partial charge in [-0.15, -0.1) is 13.2 Å². The van der Waals surface area contributed by atoms with E-state index < -0.39 is 0 Å². The monoisotopic (exact) mass is 330 g/mol. The van der Waals surface area contributed by atoms with Crippen molar-refractivity contribution in [1.29, 1.82) is 0 Å². The topological polar surface area (TPSA) is 18.5 Å². The van der Waals surface area contributed by atoms with Gasteiger partial charge >= 0.3 is 0 Å². The highest BCUT2D eigenvalue weighted by molar-refractivity contribution is 5.50. The molecule has 1 rings (SSSR count). The fraction of sp³-hybridized carbons (Fsp3) is 0.545. The Labute approximate surface area is 148 Å². The zero-order valence-corrected chi connectivity index (χ0v) is 15.9. The molecule has 2 heteroatoms. The summed E-state index contributed by atoms with van der Waals surface area (Å²) in [5.41, 5.74) is 2.45. The van der Waals surface area contributed by atoms with Crippen LogP contribution in [0.2, 0.25) is 0 Å². The molecule has 0 aliphatic carbocycles. The number of benzene rings is 1. The van der Waals surface area contributed by atoms with Crippen molar-refractivity contribution in [3.63, 3.8) is 0 Å².